The lowest BCUT2D eigenvalue weighted by molar-refractivity contribution is 0.125. The molecule has 0 unspecified atom stereocenters. The lowest BCUT2D eigenvalue weighted by Crippen LogP contribution is -2.54. The molecule has 0 amide bonds. The van der Waals surface area contributed by atoms with E-state index < -0.39 is 9.84 Å². The van der Waals surface area contributed by atoms with Gasteiger partial charge < -0.3 is 9.80 Å². The fourth-order valence-corrected chi connectivity index (χ4v) is 6.50. The van der Waals surface area contributed by atoms with Gasteiger partial charge in [-0.05, 0) is 55.8 Å². The Balaban J connectivity index is 1.32. The molecule has 12 heteroatoms. The van der Waals surface area contributed by atoms with E-state index in [-0.39, 0.29) is 17.5 Å². The molecule has 37 heavy (non-hydrogen) atoms. The maximum Gasteiger partial charge on any atom is 0.190 e. The van der Waals surface area contributed by atoms with E-state index in [1.165, 1.54) is 6.26 Å². The fraction of sp³-hybridized carbons (Fsp3) is 0.520. The lowest BCUT2D eigenvalue weighted by atomic mass is 9.80. The largest absolute Gasteiger partial charge is 0.355 e. The highest BCUT2D eigenvalue weighted by Crippen LogP contribution is 2.35. The highest BCUT2D eigenvalue weighted by atomic mass is 35.5. The van der Waals surface area contributed by atoms with Gasteiger partial charge in [0.25, 0.3) is 0 Å². The molecule has 4 heterocycles. The van der Waals surface area contributed by atoms with E-state index in [2.05, 4.69) is 26.0 Å². The molecular formula is C25H29Cl2N7O2S. The molecule has 0 saturated carbocycles. The van der Waals surface area contributed by atoms with Gasteiger partial charge in [-0.2, -0.15) is 10.4 Å². The average Bonchev–Trinajstić information content (AvgIpc) is 3.19. The number of aromatic nitrogens is 4. The molecule has 0 bridgehead atoms. The molecule has 2 aromatic heterocycles. The van der Waals surface area contributed by atoms with Crippen LogP contribution < -0.4 is 4.90 Å². The number of hydrogen-bond acceptors (Lipinski definition) is 8. The molecule has 2 atom stereocenters. The van der Waals surface area contributed by atoms with E-state index in [9.17, 15) is 13.7 Å². The number of anilines is 1. The standard InChI is InChI=1S/C25H29Cl2N7O2S/c1-16(20-6-5-19(26)10-21(20)27)34-25-24(22(11-28)31-34)29-12-23(30-25)33-14-18(15-33)17-4-3-7-32(13-17)8-9-37(2,35)36/h5-6,10,12,16-18H,3-4,7-9,13-15H2,1-2H3/t16-,17-/m1/s1. The summed E-state index contributed by atoms with van der Waals surface area (Å²) in [7, 11) is -2.95. The summed E-state index contributed by atoms with van der Waals surface area (Å²) in [6, 6.07) is 7.18. The number of piperidine rings is 1. The zero-order valence-corrected chi connectivity index (χ0v) is 23.1. The Morgan fingerprint density at radius 3 is 2.70 bits per heavy atom. The zero-order chi connectivity index (χ0) is 26.3. The molecule has 0 aliphatic carbocycles. The van der Waals surface area contributed by atoms with Crippen molar-refractivity contribution in [3.63, 3.8) is 0 Å². The maximum atomic E-state index is 11.6. The molecular weight excluding hydrogens is 533 g/mol. The Morgan fingerprint density at radius 2 is 2.00 bits per heavy atom. The summed E-state index contributed by atoms with van der Waals surface area (Å²) in [5.41, 5.74) is 2.06. The monoisotopic (exact) mass is 561 g/mol. The molecule has 0 radical (unpaired) electrons. The molecule has 5 rings (SSSR count). The van der Waals surface area contributed by atoms with Gasteiger partial charge in [0.15, 0.2) is 11.3 Å². The maximum absolute atomic E-state index is 11.6. The van der Waals surface area contributed by atoms with Gasteiger partial charge in [0.05, 0.1) is 18.0 Å². The normalized spacial score (nSPS) is 20.1. The molecule has 1 aromatic carbocycles. The third kappa shape index (κ3) is 5.55. The van der Waals surface area contributed by atoms with Gasteiger partial charge in [-0.15, -0.1) is 0 Å². The molecule has 2 saturated heterocycles. The Morgan fingerprint density at radius 1 is 1.22 bits per heavy atom. The number of nitrogens with zero attached hydrogens (tertiary/aromatic N) is 7. The zero-order valence-electron chi connectivity index (χ0n) is 20.8. The molecule has 0 spiro atoms. The van der Waals surface area contributed by atoms with E-state index in [0.717, 1.165) is 50.4 Å². The summed E-state index contributed by atoms with van der Waals surface area (Å²) < 4.78 is 24.8. The van der Waals surface area contributed by atoms with Gasteiger partial charge >= 0.3 is 0 Å². The van der Waals surface area contributed by atoms with Crippen LogP contribution in [-0.2, 0) is 9.84 Å². The molecule has 2 aliphatic heterocycles. The van der Waals surface area contributed by atoms with Crippen molar-refractivity contribution in [2.45, 2.75) is 25.8 Å². The minimum atomic E-state index is -2.95. The number of nitriles is 1. The molecule has 9 nitrogen and oxygen atoms in total. The Labute approximate surface area is 226 Å². The molecule has 2 aliphatic rings. The van der Waals surface area contributed by atoms with Crippen LogP contribution in [0.5, 0.6) is 0 Å². The van der Waals surface area contributed by atoms with Crippen LogP contribution in [0.4, 0.5) is 5.82 Å². The van der Waals surface area contributed by atoms with Crippen LogP contribution in [0.2, 0.25) is 10.0 Å². The minimum absolute atomic E-state index is 0.212. The van der Waals surface area contributed by atoms with Crippen molar-refractivity contribution in [1.29, 1.82) is 5.26 Å². The Bertz CT molecular complexity index is 1460. The van der Waals surface area contributed by atoms with E-state index in [1.54, 1.807) is 23.0 Å². The first-order valence-electron chi connectivity index (χ1n) is 12.4. The van der Waals surface area contributed by atoms with Crippen molar-refractivity contribution in [2.75, 3.05) is 49.6 Å². The number of hydrogen-bond donors (Lipinski definition) is 0. The van der Waals surface area contributed by atoms with Gasteiger partial charge in [0.1, 0.15) is 27.2 Å². The Kier molecular flexibility index (Phi) is 7.33. The number of benzene rings is 1. The second kappa shape index (κ2) is 10.4. The van der Waals surface area contributed by atoms with Gasteiger partial charge in [0.2, 0.25) is 0 Å². The summed E-state index contributed by atoms with van der Waals surface area (Å²) in [6.07, 6.45) is 5.27. The van der Waals surface area contributed by atoms with Crippen LogP contribution in [0.3, 0.4) is 0 Å². The molecule has 2 fully saturated rings. The summed E-state index contributed by atoms with van der Waals surface area (Å²) in [4.78, 5) is 13.9. The smallest absolute Gasteiger partial charge is 0.190 e. The number of rotatable bonds is 7. The summed E-state index contributed by atoms with van der Waals surface area (Å²) in [5.74, 6) is 2.05. The van der Waals surface area contributed by atoms with Crippen LogP contribution in [0, 0.1) is 23.2 Å². The van der Waals surface area contributed by atoms with Crippen molar-refractivity contribution in [1.82, 2.24) is 24.6 Å². The minimum Gasteiger partial charge on any atom is -0.355 e. The number of fused-ring (bicyclic) bond motifs is 1. The predicted octanol–water partition coefficient (Wildman–Crippen LogP) is 3.81. The van der Waals surface area contributed by atoms with Crippen molar-refractivity contribution in [2.24, 2.45) is 11.8 Å². The summed E-state index contributed by atoms with van der Waals surface area (Å²) in [5, 5.41) is 15.2. The average molecular weight is 563 g/mol. The van der Waals surface area contributed by atoms with E-state index >= 15 is 0 Å². The van der Waals surface area contributed by atoms with Crippen molar-refractivity contribution >= 4 is 50.0 Å². The van der Waals surface area contributed by atoms with Crippen LogP contribution >= 0.6 is 23.2 Å². The van der Waals surface area contributed by atoms with E-state index in [4.69, 9.17) is 28.2 Å². The summed E-state index contributed by atoms with van der Waals surface area (Å²) in [6.45, 7) is 6.22. The first-order chi connectivity index (χ1) is 17.6. The van der Waals surface area contributed by atoms with Gasteiger partial charge in [-0.25, -0.2) is 23.1 Å². The fourth-order valence-electron chi connectivity index (χ4n) is 5.34. The van der Waals surface area contributed by atoms with Crippen molar-refractivity contribution in [3.05, 3.63) is 45.7 Å². The third-order valence-electron chi connectivity index (χ3n) is 7.50. The second-order valence-corrected chi connectivity index (χ2v) is 13.2. The lowest BCUT2D eigenvalue weighted by Gasteiger charge is -2.47. The van der Waals surface area contributed by atoms with Gasteiger partial charge in [-0.3, -0.25) is 0 Å². The van der Waals surface area contributed by atoms with Crippen LogP contribution in [-0.4, -0.2) is 77.8 Å². The molecule has 3 aromatic rings. The van der Waals surface area contributed by atoms with Crippen LogP contribution in [0.1, 0.15) is 37.1 Å². The quantitative estimate of drug-likeness (QED) is 0.428. The first kappa shape index (κ1) is 26.2. The van der Waals surface area contributed by atoms with Crippen LogP contribution in [0.25, 0.3) is 11.2 Å². The Hall–Kier alpha value is -2.45. The highest BCUT2D eigenvalue weighted by Gasteiger charge is 2.37. The van der Waals surface area contributed by atoms with Crippen LogP contribution in [0.15, 0.2) is 24.4 Å². The van der Waals surface area contributed by atoms with Gasteiger partial charge in [0, 0.05) is 42.5 Å². The van der Waals surface area contributed by atoms with E-state index in [0.29, 0.717) is 39.6 Å². The third-order valence-corrected chi connectivity index (χ3v) is 8.98. The SMILES string of the molecule is C[C@H](c1ccc(Cl)cc1Cl)n1nc(C#N)c2ncc(N3CC([C@@H]4CCCN(CCS(C)(=O)=O)C4)C3)nc21. The number of sulfone groups is 1. The topological polar surface area (TPSA) is 108 Å². The van der Waals surface area contributed by atoms with Crippen molar-refractivity contribution < 1.29 is 8.42 Å². The highest BCUT2D eigenvalue weighted by molar-refractivity contribution is 7.90. The molecule has 0 N–H and O–H groups in total. The number of halogens is 2. The van der Waals surface area contributed by atoms with E-state index in [1.807, 2.05) is 13.0 Å². The summed E-state index contributed by atoms with van der Waals surface area (Å²) >= 11 is 12.5. The van der Waals surface area contributed by atoms with Crippen molar-refractivity contribution in [3.8, 4) is 6.07 Å². The molecule has 196 valence electrons. The first-order valence-corrected chi connectivity index (χ1v) is 15.2. The predicted molar refractivity (Wildman–Crippen MR) is 145 cm³/mol. The van der Waals surface area contributed by atoms with Gasteiger partial charge in [-0.1, -0.05) is 29.3 Å². The second-order valence-electron chi connectivity index (χ2n) is 10.1. The number of likely N-dealkylation sites (tertiary alicyclic amines) is 1.